The lowest BCUT2D eigenvalue weighted by atomic mass is 9.97. The van der Waals surface area contributed by atoms with Crippen LogP contribution in [0.15, 0.2) is 60.7 Å². The molecule has 2 aromatic rings. The fraction of sp³-hybridized carbons (Fsp3) is 0.238. The molecular weight excluding hydrogens is 348 g/mol. The molecule has 0 saturated carbocycles. The summed E-state index contributed by atoms with van der Waals surface area (Å²) in [6.07, 6.45) is 4.95. The largest absolute Gasteiger partial charge is 0.338 e. The Morgan fingerprint density at radius 2 is 1.81 bits per heavy atom. The second-order valence-corrected chi connectivity index (χ2v) is 6.80. The van der Waals surface area contributed by atoms with Crippen molar-refractivity contribution in [1.82, 2.24) is 4.90 Å². The smallest absolute Gasteiger partial charge is 0.246 e. The molecule has 2 amide bonds. The Kier molecular flexibility index (Phi) is 6.08. The van der Waals surface area contributed by atoms with E-state index in [0.29, 0.717) is 18.1 Å². The normalized spacial score (nSPS) is 17.3. The predicted octanol–water partition coefficient (Wildman–Crippen LogP) is 4.23. The maximum Gasteiger partial charge on any atom is 0.246 e. The van der Waals surface area contributed by atoms with E-state index in [0.717, 1.165) is 24.1 Å². The Bertz CT molecular complexity index is 787. The van der Waals surface area contributed by atoms with E-state index in [2.05, 4.69) is 5.32 Å². The summed E-state index contributed by atoms with van der Waals surface area (Å²) in [6, 6.07) is 16.7. The molecule has 5 heteroatoms. The van der Waals surface area contributed by atoms with Gasteiger partial charge in [-0.1, -0.05) is 41.9 Å². The number of hydrogen-bond acceptors (Lipinski definition) is 2. The van der Waals surface area contributed by atoms with Crippen LogP contribution in [0.5, 0.6) is 0 Å². The van der Waals surface area contributed by atoms with Crippen LogP contribution in [0.25, 0.3) is 6.08 Å². The number of nitrogens with one attached hydrogen (secondary N) is 1. The number of carbonyl (C=O) groups excluding carboxylic acids is 2. The summed E-state index contributed by atoms with van der Waals surface area (Å²) in [5.74, 6) is -0.288. The van der Waals surface area contributed by atoms with Gasteiger partial charge in [0.15, 0.2) is 0 Å². The van der Waals surface area contributed by atoms with Crippen LogP contribution in [-0.2, 0) is 9.59 Å². The van der Waals surface area contributed by atoms with Gasteiger partial charge in [-0.15, -0.1) is 0 Å². The van der Waals surface area contributed by atoms with Crippen molar-refractivity contribution in [1.29, 1.82) is 0 Å². The molecule has 0 unspecified atom stereocenters. The average molecular weight is 369 g/mol. The third kappa shape index (κ3) is 4.96. The number of amides is 2. The van der Waals surface area contributed by atoms with E-state index in [1.165, 1.54) is 0 Å². The number of halogens is 1. The van der Waals surface area contributed by atoms with Crippen molar-refractivity contribution < 1.29 is 9.59 Å². The third-order valence-electron chi connectivity index (χ3n) is 4.43. The maximum atomic E-state index is 12.5. The SMILES string of the molecule is O=C(Nc1ccccc1)[C@@H]1CCCN(C(=O)/C=C/c2ccc(Cl)cc2)C1. The zero-order chi connectivity index (χ0) is 18.4. The first-order valence-corrected chi connectivity index (χ1v) is 9.08. The van der Waals surface area contributed by atoms with Gasteiger partial charge in [-0.3, -0.25) is 9.59 Å². The van der Waals surface area contributed by atoms with Crippen molar-refractivity contribution in [3.8, 4) is 0 Å². The molecule has 1 atom stereocenters. The van der Waals surface area contributed by atoms with Crippen molar-refractivity contribution in [3.05, 3.63) is 71.3 Å². The molecule has 1 aliphatic rings. The van der Waals surface area contributed by atoms with Gasteiger partial charge < -0.3 is 10.2 Å². The number of anilines is 1. The summed E-state index contributed by atoms with van der Waals surface area (Å²) in [5, 5.41) is 3.59. The highest BCUT2D eigenvalue weighted by Gasteiger charge is 2.27. The van der Waals surface area contributed by atoms with Gasteiger partial charge >= 0.3 is 0 Å². The zero-order valence-corrected chi connectivity index (χ0v) is 15.2. The molecule has 0 bridgehead atoms. The molecule has 134 valence electrons. The van der Waals surface area contributed by atoms with Crippen molar-refractivity contribution in [2.24, 2.45) is 5.92 Å². The first-order valence-electron chi connectivity index (χ1n) is 8.70. The molecule has 26 heavy (non-hydrogen) atoms. The zero-order valence-electron chi connectivity index (χ0n) is 14.4. The number of nitrogens with zero attached hydrogens (tertiary/aromatic N) is 1. The summed E-state index contributed by atoms with van der Waals surface area (Å²) in [5.41, 5.74) is 1.70. The molecule has 1 aliphatic heterocycles. The molecule has 0 spiro atoms. The van der Waals surface area contributed by atoms with E-state index >= 15 is 0 Å². The number of rotatable bonds is 4. The molecule has 0 aliphatic carbocycles. The Labute approximate surface area is 158 Å². The highest BCUT2D eigenvalue weighted by molar-refractivity contribution is 6.30. The second-order valence-electron chi connectivity index (χ2n) is 6.36. The lowest BCUT2D eigenvalue weighted by Crippen LogP contribution is -2.43. The Morgan fingerprint density at radius 3 is 2.54 bits per heavy atom. The van der Waals surface area contributed by atoms with Gasteiger partial charge in [0, 0.05) is 29.9 Å². The molecular formula is C21H21ClN2O2. The highest BCUT2D eigenvalue weighted by atomic mass is 35.5. The van der Waals surface area contributed by atoms with Crippen molar-refractivity contribution in [3.63, 3.8) is 0 Å². The lowest BCUT2D eigenvalue weighted by Gasteiger charge is -2.31. The van der Waals surface area contributed by atoms with Crippen LogP contribution in [0.2, 0.25) is 5.02 Å². The fourth-order valence-electron chi connectivity index (χ4n) is 3.00. The van der Waals surface area contributed by atoms with Gasteiger partial charge in [0.25, 0.3) is 0 Å². The van der Waals surface area contributed by atoms with Crippen LogP contribution in [0.3, 0.4) is 0 Å². The third-order valence-corrected chi connectivity index (χ3v) is 4.69. The van der Waals surface area contributed by atoms with E-state index in [9.17, 15) is 9.59 Å². The Morgan fingerprint density at radius 1 is 1.08 bits per heavy atom. The number of likely N-dealkylation sites (tertiary alicyclic amines) is 1. The predicted molar refractivity (Wildman–Crippen MR) is 105 cm³/mol. The van der Waals surface area contributed by atoms with E-state index in [1.807, 2.05) is 42.5 Å². The summed E-state index contributed by atoms with van der Waals surface area (Å²) in [4.78, 5) is 26.7. The Balaban J connectivity index is 1.57. The number of carbonyl (C=O) groups is 2. The van der Waals surface area contributed by atoms with Gasteiger partial charge in [0.05, 0.1) is 5.92 Å². The summed E-state index contributed by atoms with van der Waals surface area (Å²) in [7, 11) is 0. The molecule has 1 N–H and O–H groups in total. The molecule has 0 radical (unpaired) electrons. The summed E-state index contributed by atoms with van der Waals surface area (Å²) >= 11 is 5.86. The summed E-state index contributed by atoms with van der Waals surface area (Å²) in [6.45, 7) is 1.13. The van der Waals surface area contributed by atoms with Crippen LogP contribution in [0.4, 0.5) is 5.69 Å². The monoisotopic (exact) mass is 368 g/mol. The van der Waals surface area contributed by atoms with Crippen molar-refractivity contribution in [2.45, 2.75) is 12.8 Å². The van der Waals surface area contributed by atoms with E-state index in [4.69, 9.17) is 11.6 Å². The number of piperidine rings is 1. The second kappa shape index (κ2) is 8.68. The minimum atomic E-state index is -0.183. The first-order chi connectivity index (χ1) is 12.6. The molecule has 1 saturated heterocycles. The van der Waals surface area contributed by atoms with Gasteiger partial charge in [-0.05, 0) is 48.7 Å². The van der Waals surface area contributed by atoms with Gasteiger partial charge in [0.2, 0.25) is 11.8 Å². The molecule has 0 aromatic heterocycles. The van der Waals surface area contributed by atoms with Crippen LogP contribution < -0.4 is 5.32 Å². The average Bonchev–Trinajstić information content (AvgIpc) is 2.68. The number of benzene rings is 2. The quantitative estimate of drug-likeness (QED) is 0.821. The van der Waals surface area contributed by atoms with Crippen LogP contribution in [-0.4, -0.2) is 29.8 Å². The van der Waals surface area contributed by atoms with Crippen LogP contribution in [0, 0.1) is 5.92 Å². The van der Waals surface area contributed by atoms with Crippen molar-refractivity contribution in [2.75, 3.05) is 18.4 Å². The fourth-order valence-corrected chi connectivity index (χ4v) is 3.13. The maximum absolute atomic E-state index is 12.5. The van der Waals surface area contributed by atoms with E-state index < -0.39 is 0 Å². The summed E-state index contributed by atoms with van der Waals surface area (Å²) < 4.78 is 0. The van der Waals surface area contributed by atoms with Gasteiger partial charge in [-0.25, -0.2) is 0 Å². The number of para-hydroxylation sites is 1. The molecule has 4 nitrogen and oxygen atoms in total. The molecule has 3 rings (SSSR count). The number of hydrogen-bond donors (Lipinski definition) is 1. The lowest BCUT2D eigenvalue weighted by molar-refractivity contribution is -0.130. The Hall–Kier alpha value is -2.59. The van der Waals surface area contributed by atoms with Crippen LogP contribution >= 0.6 is 11.6 Å². The molecule has 2 aromatic carbocycles. The first kappa shape index (κ1) is 18.2. The van der Waals surface area contributed by atoms with Gasteiger partial charge in [-0.2, -0.15) is 0 Å². The van der Waals surface area contributed by atoms with Crippen LogP contribution in [0.1, 0.15) is 18.4 Å². The minimum absolute atomic E-state index is 0.0321. The standard InChI is InChI=1S/C21H21ClN2O2/c22-18-11-8-16(9-12-18)10-13-20(25)24-14-4-5-17(15-24)21(26)23-19-6-2-1-3-7-19/h1-3,6-13,17H,4-5,14-15H2,(H,23,26)/b13-10+/t17-/m1/s1. The molecule has 1 fully saturated rings. The van der Waals surface area contributed by atoms with E-state index in [1.54, 1.807) is 29.2 Å². The van der Waals surface area contributed by atoms with E-state index in [-0.39, 0.29) is 17.7 Å². The molecule has 1 heterocycles. The van der Waals surface area contributed by atoms with Crippen molar-refractivity contribution >= 4 is 35.2 Å². The van der Waals surface area contributed by atoms with Gasteiger partial charge in [0.1, 0.15) is 0 Å². The minimum Gasteiger partial charge on any atom is -0.338 e. The highest BCUT2D eigenvalue weighted by Crippen LogP contribution is 2.19. The topological polar surface area (TPSA) is 49.4 Å².